The van der Waals surface area contributed by atoms with Crippen molar-refractivity contribution in [1.82, 2.24) is 30.0 Å². The van der Waals surface area contributed by atoms with E-state index in [1.807, 2.05) is 41.3 Å². The summed E-state index contributed by atoms with van der Waals surface area (Å²) in [5.41, 5.74) is 3.40. The van der Waals surface area contributed by atoms with Crippen molar-refractivity contribution in [3.05, 3.63) is 83.0 Å². The van der Waals surface area contributed by atoms with Crippen LogP contribution in [0.4, 0.5) is 34.5 Å². The first kappa shape index (κ1) is 43.6. The van der Waals surface area contributed by atoms with E-state index in [1.165, 1.54) is 6.20 Å². The molecule has 4 aliphatic heterocycles. The first-order valence-corrected chi connectivity index (χ1v) is 24.0. The number of piperazine rings is 1. The minimum atomic E-state index is -2.57. The van der Waals surface area contributed by atoms with Gasteiger partial charge in [0, 0.05) is 87.4 Å². The van der Waals surface area contributed by atoms with Crippen molar-refractivity contribution < 1.29 is 33.3 Å². The number of nitrogens with zero attached hydrogens (tertiary/aromatic N) is 6. The number of rotatable bonds is 13. The minimum absolute atomic E-state index is 0.0480. The summed E-state index contributed by atoms with van der Waals surface area (Å²) < 4.78 is 18.7. The Morgan fingerprint density at radius 2 is 1.63 bits per heavy atom. The quantitative estimate of drug-likeness (QED) is 0.105. The van der Waals surface area contributed by atoms with Crippen LogP contribution in [0.1, 0.15) is 52.8 Å². The van der Waals surface area contributed by atoms with Crippen LogP contribution in [0, 0.1) is 0 Å². The Labute approximate surface area is 370 Å². The van der Waals surface area contributed by atoms with Gasteiger partial charge in [0.15, 0.2) is 5.82 Å². The second-order valence-corrected chi connectivity index (χ2v) is 20.0. The van der Waals surface area contributed by atoms with Gasteiger partial charge in [0.1, 0.15) is 24.0 Å². The number of anilines is 6. The average molecular weight is 897 g/mol. The van der Waals surface area contributed by atoms with Gasteiger partial charge in [0.05, 0.1) is 35.8 Å². The molecule has 1 unspecified atom stereocenters. The maximum absolute atomic E-state index is 13.2. The number of amides is 5. The minimum Gasteiger partial charge on any atom is -0.494 e. The number of imide groups is 2. The molecule has 0 saturated carbocycles. The number of carbonyl (C=O) groups is 5. The van der Waals surface area contributed by atoms with Gasteiger partial charge >= 0.3 is 0 Å². The van der Waals surface area contributed by atoms with E-state index in [9.17, 15) is 28.5 Å². The van der Waals surface area contributed by atoms with Crippen molar-refractivity contribution in [2.45, 2.75) is 44.2 Å². The maximum Gasteiger partial charge on any atom is 0.262 e. The first-order valence-electron chi connectivity index (χ1n) is 21.0. The number of benzene rings is 3. The number of hydrogen-bond donors (Lipinski definition) is 4. The van der Waals surface area contributed by atoms with Gasteiger partial charge in [-0.25, -0.2) is 4.98 Å². The topological polar surface area (TPSA) is 199 Å². The first-order chi connectivity index (χ1) is 30.3. The molecular formula is C44H50ClN10O7P. The highest BCUT2D eigenvalue weighted by atomic mass is 35.5. The normalized spacial score (nSPS) is 18.6. The van der Waals surface area contributed by atoms with E-state index >= 15 is 0 Å². The summed E-state index contributed by atoms with van der Waals surface area (Å²) in [6, 6.07) is 17.6. The fourth-order valence-corrected chi connectivity index (χ4v) is 9.96. The molecule has 0 spiro atoms. The Balaban J connectivity index is 0.788. The van der Waals surface area contributed by atoms with Crippen LogP contribution in [0.2, 0.25) is 5.02 Å². The van der Waals surface area contributed by atoms with Crippen LogP contribution in [0.5, 0.6) is 5.75 Å². The van der Waals surface area contributed by atoms with Crippen LogP contribution in [0.15, 0.2) is 66.9 Å². The van der Waals surface area contributed by atoms with Crippen molar-refractivity contribution in [2.75, 3.05) is 87.1 Å². The summed E-state index contributed by atoms with van der Waals surface area (Å²) >= 11 is 6.47. The second-order valence-electron chi connectivity index (χ2n) is 16.4. The molecule has 1 atom stereocenters. The molecule has 1 aromatic heterocycles. The Kier molecular flexibility index (Phi) is 12.7. The Morgan fingerprint density at radius 3 is 2.37 bits per heavy atom. The fraction of sp³-hybridized carbons (Fsp3) is 0.386. The Morgan fingerprint density at radius 1 is 0.889 bits per heavy atom. The molecule has 63 heavy (non-hydrogen) atoms. The molecule has 8 rings (SSSR count). The molecule has 3 saturated heterocycles. The van der Waals surface area contributed by atoms with E-state index in [-0.39, 0.29) is 36.3 Å². The van der Waals surface area contributed by atoms with Gasteiger partial charge in [-0.15, -0.1) is 0 Å². The van der Waals surface area contributed by atoms with Crippen LogP contribution in [-0.4, -0.2) is 133 Å². The third-order valence-electron chi connectivity index (χ3n) is 12.0. The van der Waals surface area contributed by atoms with Crippen LogP contribution >= 0.6 is 18.7 Å². The molecule has 3 aromatic carbocycles. The summed E-state index contributed by atoms with van der Waals surface area (Å²) in [5.74, 6) is -0.820. The summed E-state index contributed by atoms with van der Waals surface area (Å²) in [7, 11) is -0.940. The van der Waals surface area contributed by atoms with Gasteiger partial charge < -0.3 is 35.1 Å². The van der Waals surface area contributed by atoms with Crippen molar-refractivity contribution in [1.29, 1.82) is 0 Å². The van der Waals surface area contributed by atoms with Gasteiger partial charge in [-0.1, -0.05) is 23.7 Å². The standard InChI is InChI=1S/C44H50ClN10O7P/c1-62-36-25-29(9-11-33(36)49-44-47-26-32(45)40(51-44)48-34-6-4-5-7-37(34)63(2,3)61)52-18-15-28(16-19-52)53-20-22-54(23-21-53)39(57)14-17-46-27-8-10-30-31(24-27)43(60)55(42(30)59)35-12-13-38(56)50-41(35)58/h4-11,24-26,28,35,46H,12-23H2,1-3H3,(H,50,56,58)(H2,47,48,49,51). The van der Waals surface area contributed by atoms with Crippen molar-refractivity contribution in [2.24, 2.45) is 0 Å². The van der Waals surface area contributed by atoms with Crippen molar-refractivity contribution in [3.8, 4) is 5.75 Å². The zero-order valence-corrected chi connectivity index (χ0v) is 37.0. The zero-order chi connectivity index (χ0) is 44.4. The van der Waals surface area contributed by atoms with Crippen LogP contribution in [0.25, 0.3) is 0 Å². The number of fused-ring (bicyclic) bond motifs is 1. The molecule has 5 amide bonds. The number of aromatic nitrogens is 2. The number of carbonyl (C=O) groups excluding carboxylic acids is 5. The van der Waals surface area contributed by atoms with Crippen LogP contribution in [-0.2, 0) is 18.9 Å². The molecule has 4 aromatic rings. The number of halogens is 1. The van der Waals surface area contributed by atoms with Crippen LogP contribution in [0.3, 0.4) is 0 Å². The predicted molar refractivity (Wildman–Crippen MR) is 242 cm³/mol. The molecule has 3 fully saturated rings. The molecule has 0 radical (unpaired) electrons. The summed E-state index contributed by atoms with van der Waals surface area (Å²) in [5, 5.41) is 12.9. The molecule has 17 nitrogen and oxygen atoms in total. The largest absolute Gasteiger partial charge is 0.494 e. The molecule has 0 aliphatic carbocycles. The monoisotopic (exact) mass is 896 g/mol. The SMILES string of the molecule is COc1cc(N2CCC(N3CCN(C(=O)CCNc4ccc5c(c4)C(=O)N(C4CCC(=O)NC4=O)C5=O)CC3)CC2)ccc1Nc1ncc(Cl)c(Nc2ccccc2P(C)(C)=O)n1. The van der Waals surface area contributed by atoms with Gasteiger partial charge in [-0.3, -0.25) is 39.1 Å². The number of nitrogens with one attached hydrogen (secondary N) is 4. The molecule has 19 heteroatoms. The van der Waals surface area contributed by atoms with E-state index in [0.29, 0.717) is 70.6 Å². The van der Waals surface area contributed by atoms with E-state index < -0.39 is 36.8 Å². The summed E-state index contributed by atoms with van der Waals surface area (Å²) in [6.07, 6.45) is 3.91. The van der Waals surface area contributed by atoms with Crippen molar-refractivity contribution >= 4 is 88.1 Å². The van der Waals surface area contributed by atoms with Gasteiger partial charge in [-0.2, -0.15) is 4.98 Å². The van der Waals surface area contributed by atoms with Crippen molar-refractivity contribution in [3.63, 3.8) is 0 Å². The third kappa shape index (κ3) is 9.50. The molecule has 0 bridgehead atoms. The lowest BCUT2D eigenvalue weighted by Crippen LogP contribution is -2.54. The van der Waals surface area contributed by atoms with Gasteiger partial charge in [-0.05, 0) is 75.1 Å². The van der Waals surface area contributed by atoms with Gasteiger partial charge in [0.25, 0.3) is 11.8 Å². The Hall–Kier alpha value is -6.03. The number of methoxy groups -OCH3 is 1. The third-order valence-corrected chi connectivity index (χ3v) is 13.9. The van der Waals surface area contributed by atoms with E-state index in [1.54, 1.807) is 38.6 Å². The van der Waals surface area contributed by atoms with E-state index in [0.717, 1.165) is 49.6 Å². The number of hydrogen-bond acceptors (Lipinski definition) is 14. The highest BCUT2D eigenvalue weighted by Gasteiger charge is 2.44. The van der Waals surface area contributed by atoms with E-state index in [4.69, 9.17) is 16.3 Å². The lowest BCUT2D eigenvalue weighted by Gasteiger charge is -2.43. The number of piperidine rings is 2. The lowest BCUT2D eigenvalue weighted by molar-refractivity contribution is -0.136. The predicted octanol–water partition coefficient (Wildman–Crippen LogP) is 4.89. The highest BCUT2D eigenvalue weighted by Crippen LogP contribution is 2.39. The number of ether oxygens (including phenoxy) is 1. The molecule has 330 valence electrons. The van der Waals surface area contributed by atoms with E-state index in [2.05, 4.69) is 47.1 Å². The number of para-hydroxylation sites is 1. The summed E-state index contributed by atoms with van der Waals surface area (Å²) in [4.78, 5) is 80.0. The highest BCUT2D eigenvalue weighted by molar-refractivity contribution is 7.70. The molecule has 5 heterocycles. The maximum atomic E-state index is 13.2. The second kappa shape index (κ2) is 18.4. The molecule has 4 aliphatic rings. The Bertz CT molecular complexity index is 2500. The zero-order valence-electron chi connectivity index (χ0n) is 35.4. The smallest absolute Gasteiger partial charge is 0.262 e. The fourth-order valence-electron chi connectivity index (χ4n) is 8.67. The molecule has 4 N–H and O–H groups in total. The summed E-state index contributed by atoms with van der Waals surface area (Å²) in [6.45, 7) is 8.45. The van der Waals surface area contributed by atoms with Gasteiger partial charge in [0.2, 0.25) is 23.7 Å². The van der Waals surface area contributed by atoms with Crippen LogP contribution < -0.4 is 36.2 Å². The lowest BCUT2D eigenvalue weighted by atomic mass is 10.0. The molecular weight excluding hydrogens is 847 g/mol. The average Bonchev–Trinajstić information content (AvgIpc) is 3.52.